The first-order valence-corrected chi connectivity index (χ1v) is 6.49. The summed E-state index contributed by atoms with van der Waals surface area (Å²) < 4.78 is 1.84. The van der Waals surface area contributed by atoms with Crippen molar-refractivity contribution in [1.82, 2.24) is 9.55 Å². The Kier molecular flexibility index (Phi) is 2.85. The molecule has 1 aromatic carbocycles. The number of imidazole rings is 1. The van der Waals surface area contributed by atoms with Gasteiger partial charge in [0.05, 0.1) is 6.20 Å². The maximum Gasteiger partial charge on any atom is 0.354 e. The van der Waals surface area contributed by atoms with Crippen molar-refractivity contribution in [2.75, 3.05) is 0 Å². The van der Waals surface area contributed by atoms with Crippen LogP contribution in [0.1, 0.15) is 46.2 Å². The minimum absolute atomic E-state index is 0.280. The quantitative estimate of drug-likeness (QED) is 0.915. The van der Waals surface area contributed by atoms with Gasteiger partial charge >= 0.3 is 5.97 Å². The van der Waals surface area contributed by atoms with Gasteiger partial charge < -0.3 is 9.67 Å². The van der Waals surface area contributed by atoms with E-state index in [0.717, 1.165) is 24.2 Å². The van der Waals surface area contributed by atoms with Gasteiger partial charge in [-0.1, -0.05) is 29.8 Å². The highest BCUT2D eigenvalue weighted by molar-refractivity contribution is 5.85. The summed E-state index contributed by atoms with van der Waals surface area (Å²) >= 11 is 0. The molecule has 98 valence electrons. The molecule has 19 heavy (non-hydrogen) atoms. The third kappa shape index (κ3) is 2.38. The van der Waals surface area contributed by atoms with Crippen LogP contribution < -0.4 is 0 Å². The Morgan fingerprint density at radius 1 is 1.37 bits per heavy atom. The van der Waals surface area contributed by atoms with Crippen LogP contribution in [0, 0.1) is 6.92 Å². The second kappa shape index (κ2) is 4.53. The molecule has 1 aliphatic rings. The SMILES string of the molecule is Cc1ccc(Cn2c(C(=O)O)cnc2C2CC2)cc1. The summed E-state index contributed by atoms with van der Waals surface area (Å²) in [4.78, 5) is 15.6. The lowest BCUT2D eigenvalue weighted by Gasteiger charge is -2.10. The van der Waals surface area contributed by atoms with Gasteiger partial charge in [0.2, 0.25) is 0 Å². The Morgan fingerprint density at radius 3 is 2.63 bits per heavy atom. The normalized spacial score (nSPS) is 14.6. The highest BCUT2D eigenvalue weighted by Crippen LogP contribution is 2.39. The largest absolute Gasteiger partial charge is 0.477 e. The zero-order valence-electron chi connectivity index (χ0n) is 10.8. The number of aromatic nitrogens is 2. The van der Waals surface area contributed by atoms with E-state index >= 15 is 0 Å². The van der Waals surface area contributed by atoms with Crippen LogP contribution >= 0.6 is 0 Å². The second-order valence-electron chi connectivity index (χ2n) is 5.15. The van der Waals surface area contributed by atoms with Crippen LogP contribution in [0.4, 0.5) is 0 Å². The molecule has 0 aliphatic heterocycles. The van der Waals surface area contributed by atoms with Crippen LogP contribution in [0.3, 0.4) is 0 Å². The van der Waals surface area contributed by atoms with E-state index in [9.17, 15) is 9.90 Å². The predicted octanol–water partition coefficient (Wildman–Crippen LogP) is 2.82. The van der Waals surface area contributed by atoms with Crippen LogP contribution in [0.15, 0.2) is 30.5 Å². The van der Waals surface area contributed by atoms with E-state index < -0.39 is 5.97 Å². The van der Waals surface area contributed by atoms with E-state index in [-0.39, 0.29) is 5.69 Å². The zero-order valence-corrected chi connectivity index (χ0v) is 10.8. The number of carboxylic acids is 1. The first kappa shape index (κ1) is 12.0. The summed E-state index contributed by atoms with van der Waals surface area (Å²) in [6.07, 6.45) is 3.71. The molecule has 3 rings (SSSR count). The summed E-state index contributed by atoms with van der Waals surface area (Å²) in [7, 11) is 0. The molecule has 4 heteroatoms. The molecule has 1 N–H and O–H groups in total. The van der Waals surface area contributed by atoms with Crippen LogP contribution in [0.25, 0.3) is 0 Å². The molecular weight excluding hydrogens is 240 g/mol. The second-order valence-corrected chi connectivity index (χ2v) is 5.15. The molecule has 1 aromatic heterocycles. The van der Waals surface area contributed by atoms with Gasteiger partial charge in [0.25, 0.3) is 0 Å². The van der Waals surface area contributed by atoms with E-state index in [2.05, 4.69) is 4.98 Å². The summed E-state index contributed by atoms with van der Waals surface area (Å²) in [5, 5.41) is 9.24. The van der Waals surface area contributed by atoms with E-state index in [1.807, 2.05) is 35.8 Å². The van der Waals surface area contributed by atoms with Gasteiger partial charge in [-0.2, -0.15) is 0 Å². The first-order chi connectivity index (χ1) is 9.15. The Labute approximate surface area is 111 Å². The summed E-state index contributed by atoms with van der Waals surface area (Å²) in [5.74, 6) is 0.447. The molecular formula is C15H16N2O2. The Morgan fingerprint density at radius 2 is 2.05 bits per heavy atom. The molecule has 1 fully saturated rings. The lowest BCUT2D eigenvalue weighted by molar-refractivity contribution is 0.0685. The molecule has 1 heterocycles. The number of rotatable bonds is 4. The van der Waals surface area contributed by atoms with Crippen LogP contribution in [0.2, 0.25) is 0 Å². The van der Waals surface area contributed by atoms with E-state index in [1.165, 1.54) is 11.8 Å². The number of carboxylic acid groups (broad SMARTS) is 1. The Balaban J connectivity index is 1.95. The van der Waals surface area contributed by atoms with E-state index in [0.29, 0.717) is 12.5 Å². The number of benzene rings is 1. The molecule has 0 atom stereocenters. The Bertz CT molecular complexity index is 610. The summed E-state index contributed by atoms with van der Waals surface area (Å²) in [5.41, 5.74) is 2.59. The Hall–Kier alpha value is -2.10. The number of aromatic carboxylic acids is 1. The van der Waals surface area contributed by atoms with Gasteiger partial charge in [-0.15, -0.1) is 0 Å². The molecule has 0 bridgehead atoms. The third-order valence-corrected chi connectivity index (χ3v) is 3.51. The standard InChI is InChI=1S/C15H16N2O2/c1-10-2-4-11(5-3-10)9-17-13(15(18)19)8-16-14(17)12-6-7-12/h2-5,8,12H,6-7,9H2,1H3,(H,18,19). The van der Waals surface area contributed by atoms with Gasteiger partial charge in [-0.3, -0.25) is 0 Å². The number of nitrogens with zero attached hydrogens (tertiary/aromatic N) is 2. The monoisotopic (exact) mass is 256 g/mol. The third-order valence-electron chi connectivity index (χ3n) is 3.51. The van der Waals surface area contributed by atoms with E-state index in [1.54, 1.807) is 0 Å². The molecule has 4 nitrogen and oxygen atoms in total. The smallest absolute Gasteiger partial charge is 0.354 e. The average Bonchev–Trinajstić information content (AvgIpc) is 3.13. The van der Waals surface area contributed by atoms with Crippen molar-refractivity contribution in [2.45, 2.75) is 32.2 Å². The van der Waals surface area contributed by atoms with Crippen LogP contribution in [-0.2, 0) is 6.54 Å². The minimum Gasteiger partial charge on any atom is -0.477 e. The average molecular weight is 256 g/mol. The molecule has 1 saturated carbocycles. The van der Waals surface area contributed by atoms with Crippen molar-refractivity contribution in [1.29, 1.82) is 0 Å². The van der Waals surface area contributed by atoms with Crippen molar-refractivity contribution in [2.24, 2.45) is 0 Å². The first-order valence-electron chi connectivity index (χ1n) is 6.49. The number of hydrogen-bond donors (Lipinski definition) is 1. The van der Waals surface area contributed by atoms with Crippen LogP contribution in [0.5, 0.6) is 0 Å². The molecule has 1 aliphatic carbocycles. The number of carbonyl (C=O) groups is 1. The van der Waals surface area contributed by atoms with E-state index in [4.69, 9.17) is 0 Å². The lowest BCUT2D eigenvalue weighted by atomic mass is 10.1. The highest BCUT2D eigenvalue weighted by Gasteiger charge is 2.30. The maximum absolute atomic E-state index is 11.3. The van der Waals surface area contributed by atoms with Crippen molar-refractivity contribution in [3.8, 4) is 0 Å². The molecule has 2 aromatic rings. The van der Waals surface area contributed by atoms with Crippen LogP contribution in [-0.4, -0.2) is 20.6 Å². The van der Waals surface area contributed by atoms with Gasteiger partial charge in [0.1, 0.15) is 11.5 Å². The minimum atomic E-state index is -0.911. The van der Waals surface area contributed by atoms with Crippen molar-refractivity contribution < 1.29 is 9.90 Å². The predicted molar refractivity (Wildman–Crippen MR) is 71.4 cm³/mol. The van der Waals surface area contributed by atoms with Crippen molar-refractivity contribution in [3.63, 3.8) is 0 Å². The molecule has 0 saturated heterocycles. The molecule has 0 unspecified atom stereocenters. The van der Waals surface area contributed by atoms with Gasteiger partial charge in [-0.25, -0.2) is 9.78 Å². The fraction of sp³-hybridized carbons (Fsp3) is 0.333. The van der Waals surface area contributed by atoms with Gasteiger partial charge in [0, 0.05) is 12.5 Å². The maximum atomic E-state index is 11.3. The number of aryl methyl sites for hydroxylation is 1. The van der Waals surface area contributed by atoms with Gasteiger partial charge in [-0.05, 0) is 25.3 Å². The summed E-state index contributed by atoms with van der Waals surface area (Å²) in [6.45, 7) is 2.62. The lowest BCUT2D eigenvalue weighted by Crippen LogP contribution is -2.12. The molecule has 0 amide bonds. The molecule has 0 spiro atoms. The zero-order chi connectivity index (χ0) is 13.4. The highest BCUT2D eigenvalue weighted by atomic mass is 16.4. The van der Waals surface area contributed by atoms with Crippen molar-refractivity contribution >= 4 is 5.97 Å². The topological polar surface area (TPSA) is 55.1 Å². The molecule has 0 radical (unpaired) electrons. The van der Waals surface area contributed by atoms with Crippen molar-refractivity contribution in [3.05, 3.63) is 53.1 Å². The fourth-order valence-corrected chi connectivity index (χ4v) is 2.27. The van der Waals surface area contributed by atoms with Gasteiger partial charge in [0.15, 0.2) is 0 Å². The number of hydrogen-bond acceptors (Lipinski definition) is 2. The summed E-state index contributed by atoms with van der Waals surface area (Å²) in [6, 6.07) is 8.17. The fourth-order valence-electron chi connectivity index (χ4n) is 2.27.